The average Bonchev–Trinajstić information content (AvgIpc) is 3.06. The molecule has 1 aliphatic heterocycles. The summed E-state index contributed by atoms with van der Waals surface area (Å²) in [6, 6.07) is 11.9. The summed E-state index contributed by atoms with van der Waals surface area (Å²) >= 11 is 5.85. The van der Waals surface area contributed by atoms with Gasteiger partial charge in [0.2, 0.25) is 0 Å². The summed E-state index contributed by atoms with van der Waals surface area (Å²) in [5.41, 5.74) is 5.56. The molecule has 0 bridgehead atoms. The number of aromatic carboxylic acids is 1. The van der Waals surface area contributed by atoms with Crippen LogP contribution in [-0.2, 0) is 4.74 Å². The summed E-state index contributed by atoms with van der Waals surface area (Å²) in [5, 5.41) is 13.5. The molecule has 0 saturated carbocycles. The zero-order valence-corrected chi connectivity index (χ0v) is 14.7. The lowest BCUT2D eigenvalue weighted by molar-refractivity contribution is 0.0697. The molecule has 134 valence electrons. The number of hydrazone groups is 1. The van der Waals surface area contributed by atoms with Crippen LogP contribution in [0.4, 0.5) is 16.2 Å². The summed E-state index contributed by atoms with van der Waals surface area (Å²) < 4.78 is 4.95. The van der Waals surface area contributed by atoms with E-state index in [4.69, 9.17) is 21.4 Å². The first-order chi connectivity index (χ1) is 12.5. The van der Waals surface area contributed by atoms with Gasteiger partial charge in [-0.1, -0.05) is 23.7 Å². The quantitative estimate of drug-likeness (QED) is 0.614. The van der Waals surface area contributed by atoms with E-state index in [1.807, 2.05) is 31.2 Å². The number of hydrogen-bond acceptors (Lipinski definition) is 5. The number of rotatable bonds is 5. The Morgan fingerprint density at radius 2 is 2.12 bits per heavy atom. The number of halogens is 1. The van der Waals surface area contributed by atoms with Crippen molar-refractivity contribution in [1.82, 2.24) is 0 Å². The Balaban J connectivity index is 1.79. The number of carboxylic acid groups (broad SMARTS) is 1. The fourth-order valence-corrected chi connectivity index (χ4v) is 2.70. The highest BCUT2D eigenvalue weighted by Crippen LogP contribution is 2.22. The van der Waals surface area contributed by atoms with Gasteiger partial charge in [0.05, 0.1) is 28.5 Å². The van der Waals surface area contributed by atoms with E-state index in [0.717, 1.165) is 11.3 Å². The Kier molecular flexibility index (Phi) is 5.09. The predicted octanol–water partition coefficient (Wildman–Crippen LogP) is 3.83. The molecule has 0 aliphatic carbocycles. The normalized spacial score (nSPS) is 14.3. The van der Waals surface area contributed by atoms with Gasteiger partial charge in [0.25, 0.3) is 0 Å². The van der Waals surface area contributed by atoms with Crippen LogP contribution in [0.3, 0.4) is 0 Å². The molecule has 7 nitrogen and oxygen atoms in total. The standard InChI is InChI=1S/C18H16ClN3O4/c1-11(20-21-13-5-6-16(19)15(10-13)17(23)24)12-3-2-4-14(9-12)22-7-8-26-18(22)25/h2-6,9-10,21H,7-8H2,1H3,(H,23,24)/b20-11-. The van der Waals surface area contributed by atoms with E-state index in [9.17, 15) is 9.59 Å². The van der Waals surface area contributed by atoms with Crippen molar-refractivity contribution in [2.75, 3.05) is 23.5 Å². The fourth-order valence-electron chi connectivity index (χ4n) is 2.50. The monoisotopic (exact) mass is 373 g/mol. The molecular weight excluding hydrogens is 358 g/mol. The number of carboxylic acids is 1. The average molecular weight is 374 g/mol. The summed E-state index contributed by atoms with van der Waals surface area (Å²) in [6.45, 7) is 2.70. The highest BCUT2D eigenvalue weighted by atomic mass is 35.5. The van der Waals surface area contributed by atoms with Crippen LogP contribution < -0.4 is 10.3 Å². The number of hydrogen-bond donors (Lipinski definition) is 2. The van der Waals surface area contributed by atoms with E-state index in [1.165, 1.54) is 12.1 Å². The van der Waals surface area contributed by atoms with Crippen LogP contribution in [0.5, 0.6) is 0 Å². The van der Waals surface area contributed by atoms with Crippen LogP contribution in [0.15, 0.2) is 47.6 Å². The molecule has 8 heteroatoms. The number of nitrogens with zero attached hydrogens (tertiary/aromatic N) is 2. The lowest BCUT2D eigenvalue weighted by atomic mass is 10.1. The van der Waals surface area contributed by atoms with E-state index in [1.54, 1.807) is 11.0 Å². The van der Waals surface area contributed by atoms with Gasteiger partial charge in [0.15, 0.2) is 0 Å². The van der Waals surface area contributed by atoms with Gasteiger partial charge >= 0.3 is 12.1 Å². The van der Waals surface area contributed by atoms with Crippen molar-refractivity contribution in [2.45, 2.75) is 6.92 Å². The largest absolute Gasteiger partial charge is 0.478 e. The molecule has 3 rings (SSSR count). The molecule has 0 unspecified atom stereocenters. The first-order valence-corrected chi connectivity index (χ1v) is 8.21. The smallest absolute Gasteiger partial charge is 0.414 e. The molecule has 1 saturated heterocycles. The van der Waals surface area contributed by atoms with Crippen LogP contribution in [0.2, 0.25) is 5.02 Å². The Morgan fingerprint density at radius 1 is 1.31 bits per heavy atom. The molecule has 26 heavy (non-hydrogen) atoms. The number of benzene rings is 2. The number of carbonyl (C=O) groups excluding carboxylic acids is 1. The Labute approximate surface area is 154 Å². The van der Waals surface area contributed by atoms with Crippen LogP contribution in [0.25, 0.3) is 0 Å². The van der Waals surface area contributed by atoms with Crippen molar-refractivity contribution in [3.8, 4) is 0 Å². The predicted molar refractivity (Wildman–Crippen MR) is 99.4 cm³/mol. The first-order valence-electron chi connectivity index (χ1n) is 7.83. The maximum absolute atomic E-state index is 11.7. The molecular formula is C18H16ClN3O4. The number of ether oxygens (including phenoxy) is 1. The van der Waals surface area contributed by atoms with Gasteiger partial charge in [-0.15, -0.1) is 0 Å². The van der Waals surface area contributed by atoms with Crippen LogP contribution in [0, 0.1) is 0 Å². The molecule has 1 fully saturated rings. The van der Waals surface area contributed by atoms with E-state index in [2.05, 4.69) is 10.5 Å². The number of nitrogens with one attached hydrogen (secondary N) is 1. The maximum atomic E-state index is 11.7. The van der Waals surface area contributed by atoms with Crippen molar-refractivity contribution < 1.29 is 19.4 Å². The summed E-state index contributed by atoms with van der Waals surface area (Å²) in [5.74, 6) is -1.11. The summed E-state index contributed by atoms with van der Waals surface area (Å²) in [7, 11) is 0. The van der Waals surface area contributed by atoms with Gasteiger partial charge in [0.1, 0.15) is 6.61 Å². The molecule has 0 spiro atoms. The second-order valence-electron chi connectivity index (χ2n) is 5.63. The van der Waals surface area contributed by atoms with Gasteiger partial charge in [-0.2, -0.15) is 5.10 Å². The van der Waals surface area contributed by atoms with Crippen LogP contribution in [0.1, 0.15) is 22.8 Å². The van der Waals surface area contributed by atoms with Crippen molar-refractivity contribution in [3.05, 3.63) is 58.6 Å². The van der Waals surface area contributed by atoms with Gasteiger partial charge in [0, 0.05) is 5.69 Å². The van der Waals surface area contributed by atoms with E-state index >= 15 is 0 Å². The third-order valence-corrected chi connectivity index (χ3v) is 4.22. The molecule has 2 aromatic carbocycles. The third-order valence-electron chi connectivity index (χ3n) is 3.89. The van der Waals surface area contributed by atoms with E-state index < -0.39 is 5.97 Å². The lowest BCUT2D eigenvalue weighted by Gasteiger charge is -2.14. The molecule has 0 atom stereocenters. The third kappa shape index (κ3) is 3.78. The zero-order valence-electron chi connectivity index (χ0n) is 13.9. The molecule has 1 aliphatic rings. The SMILES string of the molecule is C/C(=N/Nc1ccc(Cl)c(C(=O)O)c1)c1cccc(N2CCOC2=O)c1. The van der Waals surface area contributed by atoms with Crippen molar-refractivity contribution in [3.63, 3.8) is 0 Å². The van der Waals surface area contributed by atoms with Crippen molar-refractivity contribution >= 4 is 40.7 Å². The van der Waals surface area contributed by atoms with Crippen molar-refractivity contribution in [1.29, 1.82) is 0 Å². The molecule has 2 aromatic rings. The molecule has 1 heterocycles. The number of anilines is 2. The molecule has 0 aromatic heterocycles. The van der Waals surface area contributed by atoms with Crippen LogP contribution in [-0.4, -0.2) is 36.0 Å². The van der Waals surface area contributed by atoms with E-state index in [0.29, 0.717) is 24.6 Å². The topological polar surface area (TPSA) is 91.2 Å². The minimum Gasteiger partial charge on any atom is -0.478 e. The Morgan fingerprint density at radius 3 is 2.81 bits per heavy atom. The Bertz CT molecular complexity index is 898. The van der Waals surface area contributed by atoms with Gasteiger partial charge in [-0.05, 0) is 42.8 Å². The minimum absolute atomic E-state index is 0.000868. The molecule has 1 amide bonds. The van der Waals surface area contributed by atoms with Gasteiger partial charge in [-0.3, -0.25) is 10.3 Å². The second kappa shape index (κ2) is 7.45. The minimum atomic E-state index is -1.11. The summed E-state index contributed by atoms with van der Waals surface area (Å²) in [6.07, 6.45) is -0.364. The lowest BCUT2D eigenvalue weighted by Crippen LogP contribution is -2.23. The van der Waals surface area contributed by atoms with Crippen molar-refractivity contribution in [2.24, 2.45) is 5.10 Å². The molecule has 2 N–H and O–H groups in total. The highest BCUT2D eigenvalue weighted by molar-refractivity contribution is 6.33. The zero-order chi connectivity index (χ0) is 18.7. The van der Waals surface area contributed by atoms with Crippen LogP contribution >= 0.6 is 11.6 Å². The summed E-state index contributed by atoms with van der Waals surface area (Å²) in [4.78, 5) is 24.4. The number of cyclic esters (lactones) is 1. The number of amides is 1. The van der Waals surface area contributed by atoms with Gasteiger partial charge in [-0.25, -0.2) is 9.59 Å². The first kappa shape index (κ1) is 17.8. The second-order valence-corrected chi connectivity index (χ2v) is 6.03. The fraction of sp³-hybridized carbons (Fsp3) is 0.167. The van der Waals surface area contributed by atoms with E-state index in [-0.39, 0.29) is 16.7 Å². The number of carbonyl (C=O) groups is 2. The highest BCUT2D eigenvalue weighted by Gasteiger charge is 2.23. The molecule has 0 radical (unpaired) electrons. The van der Waals surface area contributed by atoms with Gasteiger partial charge < -0.3 is 9.84 Å². The Hall–Kier alpha value is -3.06. The maximum Gasteiger partial charge on any atom is 0.414 e.